The molecule has 0 heterocycles. The van der Waals surface area contributed by atoms with Gasteiger partial charge in [-0.3, -0.25) is 4.79 Å². The molecular weight excluding hydrogens is 390 g/mol. The molecule has 0 saturated heterocycles. The molecule has 0 aromatic heterocycles. The minimum Gasteiger partial charge on any atom is -0.481 e. The highest BCUT2D eigenvalue weighted by atomic mass is 19.1. The van der Waals surface area contributed by atoms with Gasteiger partial charge in [0.2, 0.25) is 0 Å². The first-order valence-corrected chi connectivity index (χ1v) is 9.69. The molecule has 2 atom stereocenters. The van der Waals surface area contributed by atoms with Crippen molar-refractivity contribution in [1.82, 2.24) is 0 Å². The number of hydrogen-bond donors (Lipinski definition) is 3. The monoisotopic (exact) mass is 416 g/mol. The molecule has 160 valence electrons. The molecule has 0 spiro atoms. The average Bonchev–Trinajstić information content (AvgIpc) is 2.66. The lowest BCUT2D eigenvalue weighted by Gasteiger charge is -2.18. The minimum atomic E-state index is -1.16. The predicted octanol–water partition coefficient (Wildman–Crippen LogP) is 4.57. The van der Waals surface area contributed by atoms with E-state index in [0.717, 1.165) is 22.3 Å². The number of aliphatic carboxylic acids is 1. The summed E-state index contributed by atoms with van der Waals surface area (Å²) in [6.45, 7) is 3.91. The minimum absolute atomic E-state index is 0.00231. The summed E-state index contributed by atoms with van der Waals surface area (Å²) < 4.78 is 26.9. The Bertz CT molecular complexity index is 852. The van der Waals surface area contributed by atoms with E-state index in [9.17, 15) is 23.8 Å². The highest BCUT2D eigenvalue weighted by Crippen LogP contribution is 2.32. The molecule has 2 aromatic carbocycles. The summed E-state index contributed by atoms with van der Waals surface area (Å²) >= 11 is 0. The molecule has 3 N–H and O–H groups in total. The lowest BCUT2D eigenvalue weighted by atomic mass is 9.87. The molecule has 4 nitrogen and oxygen atoms in total. The van der Waals surface area contributed by atoms with Crippen molar-refractivity contribution in [2.45, 2.75) is 38.9 Å². The second-order valence-electron chi connectivity index (χ2n) is 7.41. The SMILES string of the molecule is CC(C)C(C=C[C@H](O)C[C@H](O)CC(=O)O)=C(c1ccc(F)cc1)c1ccc(F)cc1. The molecule has 0 saturated carbocycles. The largest absolute Gasteiger partial charge is 0.481 e. The smallest absolute Gasteiger partial charge is 0.305 e. The van der Waals surface area contributed by atoms with E-state index in [2.05, 4.69) is 0 Å². The van der Waals surface area contributed by atoms with Gasteiger partial charge >= 0.3 is 5.97 Å². The number of aliphatic hydroxyl groups is 2. The van der Waals surface area contributed by atoms with Crippen LogP contribution < -0.4 is 0 Å². The van der Waals surface area contributed by atoms with Gasteiger partial charge in [0.05, 0.1) is 18.6 Å². The fourth-order valence-electron chi connectivity index (χ4n) is 3.15. The summed E-state index contributed by atoms with van der Waals surface area (Å²) in [6, 6.07) is 11.9. The molecule has 6 heteroatoms. The lowest BCUT2D eigenvalue weighted by molar-refractivity contribution is -0.139. The van der Waals surface area contributed by atoms with Crippen molar-refractivity contribution < 1.29 is 28.9 Å². The fraction of sp³-hybridized carbons (Fsp3) is 0.292. The third-order valence-corrected chi connectivity index (χ3v) is 4.60. The number of carboxylic acid groups (broad SMARTS) is 1. The van der Waals surface area contributed by atoms with Crippen LogP contribution in [0.4, 0.5) is 8.78 Å². The van der Waals surface area contributed by atoms with Crippen molar-refractivity contribution in [3.05, 3.63) is 89.0 Å². The molecule has 0 aliphatic carbocycles. The topological polar surface area (TPSA) is 77.8 Å². The van der Waals surface area contributed by atoms with Crippen molar-refractivity contribution in [3.8, 4) is 0 Å². The Kier molecular flexibility index (Phi) is 8.45. The number of carbonyl (C=O) groups is 1. The van der Waals surface area contributed by atoms with Crippen LogP contribution in [0.25, 0.3) is 5.57 Å². The number of halogens is 2. The Labute approximate surface area is 174 Å². The van der Waals surface area contributed by atoms with E-state index >= 15 is 0 Å². The van der Waals surface area contributed by atoms with Gasteiger partial charge in [-0.1, -0.05) is 50.3 Å². The van der Waals surface area contributed by atoms with Gasteiger partial charge in [0, 0.05) is 6.42 Å². The van der Waals surface area contributed by atoms with Gasteiger partial charge in [0.25, 0.3) is 0 Å². The van der Waals surface area contributed by atoms with Crippen LogP contribution in [-0.2, 0) is 4.79 Å². The van der Waals surface area contributed by atoms with E-state index in [-0.39, 0.29) is 24.0 Å². The molecule has 0 fully saturated rings. The number of aliphatic hydroxyl groups excluding tert-OH is 2. The van der Waals surface area contributed by atoms with Gasteiger partial charge < -0.3 is 15.3 Å². The van der Waals surface area contributed by atoms with Crippen LogP contribution in [0.2, 0.25) is 0 Å². The van der Waals surface area contributed by atoms with Crippen LogP contribution in [-0.4, -0.2) is 33.5 Å². The van der Waals surface area contributed by atoms with Crippen molar-refractivity contribution in [2.24, 2.45) is 5.92 Å². The molecule has 0 unspecified atom stereocenters. The maximum atomic E-state index is 13.5. The summed E-state index contributed by atoms with van der Waals surface area (Å²) in [7, 11) is 0. The van der Waals surface area contributed by atoms with Crippen LogP contribution in [0.3, 0.4) is 0 Å². The maximum Gasteiger partial charge on any atom is 0.305 e. The first-order chi connectivity index (χ1) is 14.2. The molecule has 0 bridgehead atoms. The van der Waals surface area contributed by atoms with E-state index in [1.54, 1.807) is 30.3 Å². The lowest BCUT2D eigenvalue weighted by Crippen LogP contribution is -2.19. The van der Waals surface area contributed by atoms with E-state index in [4.69, 9.17) is 5.11 Å². The zero-order chi connectivity index (χ0) is 22.3. The summed E-state index contributed by atoms with van der Waals surface area (Å²) in [6.07, 6.45) is 0.432. The van der Waals surface area contributed by atoms with Gasteiger partial charge in [-0.15, -0.1) is 0 Å². The van der Waals surface area contributed by atoms with E-state index < -0.39 is 24.6 Å². The number of hydrogen-bond acceptors (Lipinski definition) is 3. The standard InChI is InChI=1S/C24H26F2O4/c1-15(2)22(12-11-20(27)13-21(28)14-23(29)30)24(16-3-7-18(25)8-4-16)17-5-9-19(26)10-6-17/h3-12,15,20-21,27-28H,13-14H2,1-2H3,(H,29,30)/t20-,21-/m0/s1. The Morgan fingerprint density at radius 2 is 1.40 bits per heavy atom. The Hall–Kier alpha value is -2.83. The second kappa shape index (κ2) is 10.8. The number of rotatable bonds is 9. The van der Waals surface area contributed by atoms with Crippen LogP contribution >= 0.6 is 0 Å². The van der Waals surface area contributed by atoms with Gasteiger partial charge in [-0.25, -0.2) is 8.78 Å². The molecule has 2 aromatic rings. The highest BCUT2D eigenvalue weighted by molar-refractivity contribution is 5.83. The number of allylic oxidation sites excluding steroid dienone is 2. The fourth-order valence-corrected chi connectivity index (χ4v) is 3.15. The van der Waals surface area contributed by atoms with Crippen molar-refractivity contribution in [2.75, 3.05) is 0 Å². The van der Waals surface area contributed by atoms with E-state index in [1.165, 1.54) is 30.3 Å². The summed E-state index contributed by atoms with van der Waals surface area (Å²) in [5.74, 6) is -1.89. The first kappa shape index (κ1) is 23.4. The van der Waals surface area contributed by atoms with Gasteiger partial charge in [0.15, 0.2) is 0 Å². The van der Waals surface area contributed by atoms with Gasteiger partial charge in [0.1, 0.15) is 11.6 Å². The molecule has 0 radical (unpaired) electrons. The maximum absolute atomic E-state index is 13.5. The van der Waals surface area contributed by atoms with Crippen molar-refractivity contribution in [3.63, 3.8) is 0 Å². The summed E-state index contributed by atoms with van der Waals surface area (Å²) in [4.78, 5) is 10.7. The van der Waals surface area contributed by atoms with Crippen molar-refractivity contribution in [1.29, 1.82) is 0 Å². The Morgan fingerprint density at radius 3 is 1.80 bits per heavy atom. The quantitative estimate of drug-likeness (QED) is 0.524. The average molecular weight is 416 g/mol. The Balaban J connectivity index is 2.47. The molecule has 0 amide bonds. The highest BCUT2D eigenvalue weighted by Gasteiger charge is 2.16. The number of benzene rings is 2. The predicted molar refractivity (Wildman–Crippen MR) is 112 cm³/mol. The first-order valence-electron chi connectivity index (χ1n) is 9.69. The van der Waals surface area contributed by atoms with E-state index in [1.807, 2.05) is 13.8 Å². The zero-order valence-electron chi connectivity index (χ0n) is 16.9. The van der Waals surface area contributed by atoms with E-state index in [0.29, 0.717) is 0 Å². The normalized spacial score (nSPS) is 13.4. The van der Waals surface area contributed by atoms with Crippen LogP contribution in [0.15, 0.2) is 66.3 Å². The van der Waals surface area contributed by atoms with Gasteiger partial charge in [-0.2, -0.15) is 0 Å². The molecular formula is C24H26F2O4. The molecule has 0 aliphatic rings. The third kappa shape index (κ3) is 6.90. The summed E-state index contributed by atoms with van der Waals surface area (Å²) in [5, 5.41) is 28.7. The molecule has 30 heavy (non-hydrogen) atoms. The summed E-state index contributed by atoms with van der Waals surface area (Å²) in [5.41, 5.74) is 3.05. The van der Waals surface area contributed by atoms with Crippen LogP contribution in [0, 0.1) is 17.6 Å². The van der Waals surface area contributed by atoms with Crippen LogP contribution in [0.5, 0.6) is 0 Å². The van der Waals surface area contributed by atoms with Gasteiger partial charge in [-0.05, 0) is 52.5 Å². The van der Waals surface area contributed by atoms with Crippen LogP contribution in [0.1, 0.15) is 37.8 Å². The molecule has 0 aliphatic heterocycles. The second-order valence-corrected chi connectivity index (χ2v) is 7.41. The number of carboxylic acids is 1. The third-order valence-electron chi connectivity index (χ3n) is 4.60. The van der Waals surface area contributed by atoms with Crippen molar-refractivity contribution >= 4 is 11.5 Å². The Morgan fingerprint density at radius 1 is 0.933 bits per heavy atom. The zero-order valence-corrected chi connectivity index (χ0v) is 16.9. The molecule has 2 rings (SSSR count).